The van der Waals surface area contributed by atoms with Crippen molar-refractivity contribution in [3.05, 3.63) is 28.0 Å². The van der Waals surface area contributed by atoms with Gasteiger partial charge in [-0.15, -0.1) is 0 Å². The summed E-state index contributed by atoms with van der Waals surface area (Å²) in [6.45, 7) is 1.16. The maximum absolute atomic E-state index is 14.1. The summed E-state index contributed by atoms with van der Waals surface area (Å²) in [7, 11) is 0. The molecule has 0 saturated heterocycles. The van der Waals surface area contributed by atoms with Crippen LogP contribution in [-0.4, -0.2) is 24.2 Å². The number of anilines is 1. The van der Waals surface area contributed by atoms with Crippen LogP contribution in [0.5, 0.6) is 0 Å². The van der Waals surface area contributed by atoms with Crippen LogP contribution in [0.15, 0.2) is 16.6 Å². The molecule has 0 unspecified atom stereocenters. The number of ether oxygens (including phenoxy) is 1. The number of hydrogen-bond donors (Lipinski definition) is 2. The van der Waals surface area contributed by atoms with E-state index >= 15 is 0 Å². The maximum atomic E-state index is 14.1. The predicted octanol–water partition coefficient (Wildman–Crippen LogP) is 3.98. The Labute approximate surface area is 138 Å². The van der Waals surface area contributed by atoms with E-state index in [4.69, 9.17) is 22.7 Å². The van der Waals surface area contributed by atoms with E-state index in [1.807, 2.05) is 0 Å². The lowest BCUT2D eigenvalue weighted by Gasteiger charge is -2.22. The zero-order valence-corrected chi connectivity index (χ0v) is 14.2. The highest BCUT2D eigenvalue weighted by atomic mass is 79.9. The molecular formula is C15H20BrFN2OS. The van der Waals surface area contributed by atoms with Gasteiger partial charge in [-0.3, -0.25) is 0 Å². The molecule has 0 radical (unpaired) electrons. The Morgan fingerprint density at radius 3 is 2.76 bits per heavy atom. The van der Waals surface area contributed by atoms with Crippen LogP contribution in [0.3, 0.4) is 0 Å². The van der Waals surface area contributed by atoms with Gasteiger partial charge in [0.05, 0.1) is 22.9 Å². The van der Waals surface area contributed by atoms with Crippen LogP contribution in [0.25, 0.3) is 0 Å². The smallest absolute Gasteiger partial charge is 0.161 e. The molecule has 21 heavy (non-hydrogen) atoms. The number of nitrogens with two attached hydrogens (primary N) is 1. The monoisotopic (exact) mass is 374 g/mol. The van der Waals surface area contributed by atoms with Crippen molar-refractivity contribution in [3.8, 4) is 0 Å². The molecule has 0 bridgehead atoms. The summed E-state index contributed by atoms with van der Waals surface area (Å²) in [5, 5.41) is 3.05. The molecular weight excluding hydrogens is 355 g/mol. The summed E-state index contributed by atoms with van der Waals surface area (Å²) < 4.78 is 20.2. The minimum Gasteiger partial charge on any atom is -0.389 e. The molecule has 1 aromatic rings. The minimum absolute atomic E-state index is 0.174. The fourth-order valence-corrected chi connectivity index (χ4v) is 3.38. The molecule has 116 valence electrons. The van der Waals surface area contributed by atoms with Crippen LogP contribution in [0, 0.1) is 5.82 Å². The normalized spacial score (nSPS) is 15.9. The first-order valence-corrected chi connectivity index (χ1v) is 8.43. The molecule has 1 aliphatic carbocycles. The molecule has 1 saturated carbocycles. The number of hydrogen-bond acceptors (Lipinski definition) is 3. The van der Waals surface area contributed by atoms with Crippen LogP contribution < -0.4 is 11.1 Å². The van der Waals surface area contributed by atoms with Gasteiger partial charge < -0.3 is 15.8 Å². The number of thiocarbonyl (C=S) groups is 1. The van der Waals surface area contributed by atoms with Crippen molar-refractivity contribution in [1.29, 1.82) is 0 Å². The van der Waals surface area contributed by atoms with Gasteiger partial charge in [0.15, 0.2) is 5.82 Å². The predicted molar refractivity (Wildman–Crippen MR) is 91.3 cm³/mol. The van der Waals surface area contributed by atoms with Crippen molar-refractivity contribution in [2.45, 2.75) is 38.2 Å². The minimum atomic E-state index is -0.377. The Balaban J connectivity index is 1.83. The second-order valence-electron chi connectivity index (χ2n) is 5.21. The SMILES string of the molecule is NC(=S)c1ccc(NCCOC2CCCCC2)c(F)c1Br. The van der Waals surface area contributed by atoms with Crippen molar-refractivity contribution in [3.63, 3.8) is 0 Å². The lowest BCUT2D eigenvalue weighted by Crippen LogP contribution is -2.21. The average molecular weight is 375 g/mol. The molecule has 6 heteroatoms. The van der Waals surface area contributed by atoms with Gasteiger partial charge in [-0.05, 0) is 40.9 Å². The van der Waals surface area contributed by atoms with Crippen LogP contribution in [0.4, 0.5) is 10.1 Å². The summed E-state index contributed by atoms with van der Waals surface area (Å²) >= 11 is 8.06. The molecule has 1 fully saturated rings. The van der Waals surface area contributed by atoms with E-state index in [9.17, 15) is 4.39 Å². The van der Waals surface area contributed by atoms with E-state index in [0.29, 0.717) is 35.0 Å². The van der Waals surface area contributed by atoms with Crippen LogP contribution >= 0.6 is 28.1 Å². The molecule has 0 spiro atoms. The summed E-state index contributed by atoms with van der Waals surface area (Å²) in [6, 6.07) is 3.36. The highest BCUT2D eigenvalue weighted by Crippen LogP contribution is 2.27. The molecule has 0 heterocycles. The Bertz CT molecular complexity index is 507. The number of rotatable bonds is 6. The third-order valence-electron chi connectivity index (χ3n) is 3.67. The van der Waals surface area contributed by atoms with E-state index in [1.165, 1.54) is 19.3 Å². The molecule has 1 aromatic carbocycles. The van der Waals surface area contributed by atoms with Crippen molar-refractivity contribution in [1.82, 2.24) is 0 Å². The van der Waals surface area contributed by atoms with Crippen molar-refractivity contribution >= 4 is 38.8 Å². The van der Waals surface area contributed by atoms with Crippen LogP contribution in [0.1, 0.15) is 37.7 Å². The molecule has 0 atom stereocenters. The van der Waals surface area contributed by atoms with Gasteiger partial charge in [-0.1, -0.05) is 31.5 Å². The molecule has 2 rings (SSSR count). The summed E-state index contributed by atoms with van der Waals surface area (Å²) in [6.07, 6.45) is 6.46. The third-order valence-corrected chi connectivity index (χ3v) is 4.67. The standard InChI is InChI=1S/C15H20BrFN2OS/c16-13-11(15(18)21)6-7-12(14(13)17)19-8-9-20-10-4-2-1-3-5-10/h6-7,10,19H,1-5,8-9H2,(H2,18,21). The van der Waals surface area contributed by atoms with E-state index in [0.717, 1.165) is 12.8 Å². The molecule has 0 aromatic heterocycles. The maximum Gasteiger partial charge on any atom is 0.161 e. The zero-order chi connectivity index (χ0) is 15.2. The topological polar surface area (TPSA) is 47.3 Å². The van der Waals surface area contributed by atoms with Gasteiger partial charge >= 0.3 is 0 Å². The average Bonchev–Trinajstić information content (AvgIpc) is 2.48. The second kappa shape index (κ2) is 8.06. The van der Waals surface area contributed by atoms with E-state index in [2.05, 4.69) is 21.2 Å². The molecule has 0 amide bonds. The summed E-state index contributed by atoms with van der Waals surface area (Å²) in [5.74, 6) is -0.377. The van der Waals surface area contributed by atoms with Crippen molar-refractivity contribution in [2.24, 2.45) is 5.73 Å². The van der Waals surface area contributed by atoms with Gasteiger partial charge in [-0.2, -0.15) is 0 Å². The summed E-state index contributed by atoms with van der Waals surface area (Å²) in [4.78, 5) is 0.174. The van der Waals surface area contributed by atoms with Crippen molar-refractivity contribution in [2.75, 3.05) is 18.5 Å². The molecule has 0 aliphatic heterocycles. The summed E-state index contributed by atoms with van der Waals surface area (Å²) in [5.41, 5.74) is 6.46. The van der Waals surface area contributed by atoms with Gasteiger partial charge in [0.1, 0.15) is 4.99 Å². The van der Waals surface area contributed by atoms with E-state index in [-0.39, 0.29) is 10.8 Å². The lowest BCUT2D eigenvalue weighted by atomic mass is 9.98. The number of nitrogens with one attached hydrogen (secondary N) is 1. The Morgan fingerprint density at radius 2 is 2.10 bits per heavy atom. The Morgan fingerprint density at radius 1 is 1.38 bits per heavy atom. The molecule has 3 N–H and O–H groups in total. The first kappa shape index (κ1) is 16.6. The third kappa shape index (κ3) is 4.63. The van der Waals surface area contributed by atoms with Crippen LogP contribution in [-0.2, 0) is 4.74 Å². The molecule has 3 nitrogen and oxygen atoms in total. The first-order valence-electron chi connectivity index (χ1n) is 7.23. The largest absolute Gasteiger partial charge is 0.389 e. The van der Waals surface area contributed by atoms with Gasteiger partial charge in [-0.25, -0.2) is 4.39 Å². The fraction of sp³-hybridized carbons (Fsp3) is 0.533. The first-order chi connectivity index (χ1) is 10.1. The quantitative estimate of drug-likeness (QED) is 0.583. The van der Waals surface area contributed by atoms with Gasteiger partial charge in [0.25, 0.3) is 0 Å². The second-order valence-corrected chi connectivity index (χ2v) is 6.44. The Hall–Kier alpha value is -0.720. The highest BCUT2D eigenvalue weighted by molar-refractivity contribution is 9.10. The molecule has 1 aliphatic rings. The lowest BCUT2D eigenvalue weighted by molar-refractivity contribution is 0.0347. The van der Waals surface area contributed by atoms with E-state index in [1.54, 1.807) is 12.1 Å². The van der Waals surface area contributed by atoms with Crippen LogP contribution in [0.2, 0.25) is 0 Å². The zero-order valence-electron chi connectivity index (χ0n) is 11.8. The Kier molecular flexibility index (Phi) is 6.39. The van der Waals surface area contributed by atoms with Gasteiger partial charge in [0.2, 0.25) is 0 Å². The number of halogens is 2. The van der Waals surface area contributed by atoms with Crippen molar-refractivity contribution < 1.29 is 9.13 Å². The van der Waals surface area contributed by atoms with E-state index < -0.39 is 0 Å². The highest BCUT2D eigenvalue weighted by Gasteiger charge is 2.14. The van der Waals surface area contributed by atoms with Gasteiger partial charge in [0, 0.05) is 12.1 Å². The fourth-order valence-electron chi connectivity index (χ4n) is 2.52. The number of benzene rings is 1.